The van der Waals surface area contributed by atoms with E-state index in [-0.39, 0.29) is 0 Å². The molecule has 0 saturated carbocycles. The van der Waals surface area contributed by atoms with Gasteiger partial charge in [0.25, 0.3) is 0 Å². The summed E-state index contributed by atoms with van der Waals surface area (Å²) >= 11 is 0. The molecule has 4 heteroatoms. The molecule has 0 aliphatic heterocycles. The standard InChI is InChI=1S/C44H31N2OP/c47-48(36-16-6-2-7-17-36,37-18-8-3-9-19-37)38-30-28-33(29-31-38)32-24-26-34(27-25-32)43-39-20-10-11-21-40(39)46-42-23-13-12-22-41(42)45(44(43)46)35-14-4-1-5-15-35/h1-31H. The maximum atomic E-state index is 14.8. The highest BCUT2D eigenvalue weighted by Crippen LogP contribution is 2.43. The number of aromatic nitrogens is 2. The Labute approximate surface area is 279 Å². The van der Waals surface area contributed by atoms with Gasteiger partial charge in [-0.1, -0.05) is 158 Å². The number of hydrogen-bond acceptors (Lipinski definition) is 1. The van der Waals surface area contributed by atoms with Crippen molar-refractivity contribution in [2.75, 3.05) is 0 Å². The van der Waals surface area contributed by atoms with Crippen molar-refractivity contribution >= 4 is 50.6 Å². The monoisotopic (exact) mass is 634 g/mol. The number of benzene rings is 7. The number of nitrogens with zero attached hydrogens (tertiary/aromatic N) is 2. The minimum absolute atomic E-state index is 0.830. The Morgan fingerprint density at radius 1 is 0.375 bits per heavy atom. The average Bonchev–Trinajstić information content (AvgIpc) is 3.68. The van der Waals surface area contributed by atoms with Crippen LogP contribution in [0, 0.1) is 0 Å². The highest BCUT2D eigenvalue weighted by atomic mass is 31.2. The number of rotatable bonds is 6. The lowest BCUT2D eigenvalue weighted by Gasteiger charge is -2.20. The van der Waals surface area contributed by atoms with Crippen LogP contribution in [0.25, 0.3) is 55.5 Å². The summed E-state index contributed by atoms with van der Waals surface area (Å²) in [5.74, 6) is 0. The number of para-hydroxylation sites is 4. The van der Waals surface area contributed by atoms with Crippen molar-refractivity contribution in [2.24, 2.45) is 0 Å². The Morgan fingerprint density at radius 3 is 1.42 bits per heavy atom. The van der Waals surface area contributed by atoms with Gasteiger partial charge in [0.2, 0.25) is 0 Å². The van der Waals surface area contributed by atoms with Crippen LogP contribution in [0.15, 0.2) is 188 Å². The minimum atomic E-state index is -3.02. The summed E-state index contributed by atoms with van der Waals surface area (Å²) in [4.78, 5) is 0. The third kappa shape index (κ3) is 4.40. The molecule has 0 aliphatic rings. The molecule has 48 heavy (non-hydrogen) atoms. The minimum Gasteiger partial charge on any atom is -0.309 e. The van der Waals surface area contributed by atoms with Crippen LogP contribution in [-0.2, 0) is 4.57 Å². The molecule has 0 N–H and O–H groups in total. The average molecular weight is 635 g/mol. The van der Waals surface area contributed by atoms with Crippen LogP contribution in [0.3, 0.4) is 0 Å². The molecule has 0 aliphatic carbocycles. The van der Waals surface area contributed by atoms with Gasteiger partial charge < -0.3 is 4.57 Å². The normalized spacial score (nSPS) is 11.8. The van der Waals surface area contributed by atoms with Gasteiger partial charge in [-0.25, -0.2) is 0 Å². The third-order valence-corrected chi connectivity index (χ3v) is 12.5. The molecule has 0 fully saturated rings. The number of hydrogen-bond donors (Lipinski definition) is 0. The predicted molar refractivity (Wildman–Crippen MR) is 202 cm³/mol. The topological polar surface area (TPSA) is 26.4 Å². The van der Waals surface area contributed by atoms with Gasteiger partial charge in [-0.15, -0.1) is 0 Å². The molecule has 0 saturated heterocycles. The summed E-state index contributed by atoms with van der Waals surface area (Å²) in [5, 5.41) is 3.73. The lowest BCUT2D eigenvalue weighted by molar-refractivity contribution is 0.592. The largest absolute Gasteiger partial charge is 0.309 e. The summed E-state index contributed by atoms with van der Waals surface area (Å²) in [6.07, 6.45) is 0. The zero-order valence-corrected chi connectivity index (χ0v) is 27.0. The Hall–Kier alpha value is -5.89. The maximum Gasteiger partial charge on any atom is 0.171 e. The Bertz CT molecular complexity index is 2560. The fourth-order valence-corrected chi connectivity index (χ4v) is 9.83. The van der Waals surface area contributed by atoms with E-state index in [1.54, 1.807) is 0 Å². The molecule has 0 amide bonds. The van der Waals surface area contributed by atoms with E-state index in [0.29, 0.717) is 0 Å². The van der Waals surface area contributed by atoms with Crippen molar-refractivity contribution < 1.29 is 4.57 Å². The molecule has 9 rings (SSSR count). The molecule has 0 atom stereocenters. The fourth-order valence-electron chi connectivity index (χ4n) is 7.18. The molecular weight excluding hydrogens is 603 g/mol. The first-order valence-electron chi connectivity index (χ1n) is 16.2. The van der Waals surface area contributed by atoms with Crippen LogP contribution >= 0.6 is 7.14 Å². The van der Waals surface area contributed by atoms with Crippen LogP contribution in [0.4, 0.5) is 0 Å². The van der Waals surface area contributed by atoms with Crippen LogP contribution in [0.2, 0.25) is 0 Å². The molecule has 3 nitrogen and oxygen atoms in total. The molecule has 0 radical (unpaired) electrons. The molecule has 2 heterocycles. The molecular formula is C44H31N2OP. The second-order valence-corrected chi connectivity index (χ2v) is 14.9. The molecule has 2 aromatic heterocycles. The lowest BCUT2D eigenvalue weighted by atomic mass is 9.99. The Morgan fingerprint density at radius 2 is 0.812 bits per heavy atom. The summed E-state index contributed by atoms with van der Waals surface area (Å²) in [6, 6.07) is 64.7. The Balaban J connectivity index is 1.16. The predicted octanol–water partition coefficient (Wildman–Crippen LogP) is 10.0. The van der Waals surface area contributed by atoms with E-state index in [9.17, 15) is 4.57 Å². The summed E-state index contributed by atoms with van der Waals surface area (Å²) in [5.41, 5.74) is 10.4. The third-order valence-electron chi connectivity index (χ3n) is 9.42. The van der Waals surface area contributed by atoms with Gasteiger partial charge in [0.05, 0.1) is 16.6 Å². The first-order chi connectivity index (χ1) is 23.7. The zero-order chi connectivity index (χ0) is 32.1. The van der Waals surface area contributed by atoms with E-state index >= 15 is 0 Å². The summed E-state index contributed by atoms with van der Waals surface area (Å²) < 4.78 is 19.6. The van der Waals surface area contributed by atoms with E-state index in [1.807, 2.05) is 72.8 Å². The van der Waals surface area contributed by atoms with E-state index < -0.39 is 7.14 Å². The summed E-state index contributed by atoms with van der Waals surface area (Å²) in [7, 11) is -3.02. The van der Waals surface area contributed by atoms with Crippen molar-refractivity contribution in [3.8, 4) is 27.9 Å². The first kappa shape index (κ1) is 28.3. The maximum absolute atomic E-state index is 14.8. The molecule has 9 aromatic rings. The van der Waals surface area contributed by atoms with Crippen LogP contribution in [-0.4, -0.2) is 8.97 Å². The molecule has 228 valence electrons. The van der Waals surface area contributed by atoms with Crippen molar-refractivity contribution in [1.82, 2.24) is 8.97 Å². The van der Waals surface area contributed by atoms with Crippen LogP contribution in [0.5, 0.6) is 0 Å². The van der Waals surface area contributed by atoms with Gasteiger partial charge in [-0.05, 0) is 47.0 Å². The van der Waals surface area contributed by atoms with E-state index in [2.05, 4.69) is 124 Å². The summed E-state index contributed by atoms with van der Waals surface area (Å²) in [6.45, 7) is 0. The lowest BCUT2D eigenvalue weighted by Crippen LogP contribution is -2.24. The van der Waals surface area contributed by atoms with Gasteiger partial charge in [0.1, 0.15) is 5.65 Å². The van der Waals surface area contributed by atoms with Crippen molar-refractivity contribution in [3.05, 3.63) is 188 Å². The molecule has 0 unspecified atom stereocenters. The number of fused-ring (bicyclic) bond motifs is 5. The second kappa shape index (κ2) is 11.4. The molecule has 7 aromatic carbocycles. The van der Waals surface area contributed by atoms with E-state index in [0.717, 1.165) is 43.9 Å². The van der Waals surface area contributed by atoms with Gasteiger partial charge in [0, 0.05) is 32.6 Å². The van der Waals surface area contributed by atoms with Crippen molar-refractivity contribution in [1.29, 1.82) is 0 Å². The Kier molecular flexibility index (Phi) is 6.74. The van der Waals surface area contributed by atoms with E-state index in [1.165, 1.54) is 27.5 Å². The van der Waals surface area contributed by atoms with Crippen LogP contribution in [0.1, 0.15) is 0 Å². The van der Waals surface area contributed by atoms with Gasteiger partial charge >= 0.3 is 0 Å². The van der Waals surface area contributed by atoms with Gasteiger partial charge in [-0.2, -0.15) is 0 Å². The van der Waals surface area contributed by atoms with E-state index in [4.69, 9.17) is 0 Å². The molecule has 0 bridgehead atoms. The first-order valence-corrected chi connectivity index (χ1v) is 17.9. The quantitative estimate of drug-likeness (QED) is 0.167. The fraction of sp³-hybridized carbons (Fsp3) is 0. The van der Waals surface area contributed by atoms with Crippen molar-refractivity contribution in [3.63, 3.8) is 0 Å². The van der Waals surface area contributed by atoms with Crippen molar-refractivity contribution in [2.45, 2.75) is 0 Å². The second-order valence-electron chi connectivity index (χ2n) is 12.1. The van der Waals surface area contributed by atoms with Crippen LogP contribution < -0.4 is 15.9 Å². The number of imidazole rings is 1. The molecule has 0 spiro atoms. The van der Waals surface area contributed by atoms with Gasteiger partial charge in [0.15, 0.2) is 7.14 Å². The highest BCUT2D eigenvalue weighted by Gasteiger charge is 2.29. The van der Waals surface area contributed by atoms with Gasteiger partial charge in [-0.3, -0.25) is 8.97 Å². The SMILES string of the molecule is O=P(c1ccccc1)(c1ccccc1)c1ccc(-c2ccc(-c3c4ccccc4n4c5ccccc5n(-c5ccccc5)c34)cc2)cc1. The highest BCUT2D eigenvalue weighted by molar-refractivity contribution is 7.85. The zero-order valence-electron chi connectivity index (χ0n) is 26.1. The smallest absolute Gasteiger partial charge is 0.171 e.